The van der Waals surface area contributed by atoms with Crippen LogP contribution in [0, 0.1) is 0 Å². The lowest BCUT2D eigenvalue weighted by Crippen LogP contribution is -2.34. The highest BCUT2D eigenvalue weighted by Gasteiger charge is 2.15. The van der Waals surface area contributed by atoms with Crippen LogP contribution >= 0.6 is 0 Å². The molecule has 9 nitrogen and oxygen atoms in total. The summed E-state index contributed by atoms with van der Waals surface area (Å²) in [7, 11) is 0. The fourth-order valence-electron chi connectivity index (χ4n) is 3.29. The van der Waals surface area contributed by atoms with Crippen LogP contribution in [0.4, 0.5) is 5.69 Å². The minimum Gasteiger partial charge on any atom is -0.490 e. The molecule has 2 aliphatic heterocycles. The number of anilines is 1. The molecular weight excluding hydrogens is 400 g/mol. The van der Waals surface area contributed by atoms with Gasteiger partial charge in [-0.05, 0) is 38.3 Å². The highest BCUT2D eigenvalue weighted by atomic mass is 16.5. The Bertz CT molecular complexity index is 722. The van der Waals surface area contributed by atoms with E-state index in [0.29, 0.717) is 51.2 Å². The number of nitrogens with one attached hydrogen (secondary N) is 3. The van der Waals surface area contributed by atoms with E-state index >= 15 is 0 Å². The van der Waals surface area contributed by atoms with Gasteiger partial charge in [-0.1, -0.05) is 0 Å². The summed E-state index contributed by atoms with van der Waals surface area (Å²) in [5, 5.41) is 9.26. The predicted octanol–water partition coefficient (Wildman–Crippen LogP) is 1.93. The second kappa shape index (κ2) is 13.0. The number of carbonyl (C=O) groups excluding carboxylic acids is 1. The predicted molar refractivity (Wildman–Crippen MR) is 119 cm³/mol. The Labute approximate surface area is 183 Å². The quantitative estimate of drug-likeness (QED) is 0.294. The van der Waals surface area contributed by atoms with Gasteiger partial charge >= 0.3 is 0 Å². The van der Waals surface area contributed by atoms with Crippen LogP contribution in [0.3, 0.4) is 0 Å². The molecule has 0 radical (unpaired) electrons. The van der Waals surface area contributed by atoms with Gasteiger partial charge in [0.25, 0.3) is 0 Å². The second-order valence-corrected chi connectivity index (χ2v) is 7.45. The largest absolute Gasteiger partial charge is 0.490 e. The summed E-state index contributed by atoms with van der Waals surface area (Å²) in [5.74, 6) is 1.84. The first-order valence-corrected chi connectivity index (χ1v) is 11.2. The van der Waals surface area contributed by atoms with Crippen molar-refractivity contribution in [1.29, 1.82) is 0 Å². The van der Waals surface area contributed by atoms with E-state index in [1.807, 2.05) is 25.1 Å². The summed E-state index contributed by atoms with van der Waals surface area (Å²) >= 11 is 0. The van der Waals surface area contributed by atoms with Gasteiger partial charge in [0.1, 0.15) is 6.54 Å². The van der Waals surface area contributed by atoms with E-state index < -0.39 is 0 Å². The van der Waals surface area contributed by atoms with Crippen molar-refractivity contribution in [1.82, 2.24) is 10.6 Å². The number of guanidine groups is 1. The molecule has 9 heteroatoms. The number of aliphatic imine (C=N–C) groups is 1. The molecule has 2 heterocycles. The lowest BCUT2D eigenvalue weighted by Gasteiger charge is -2.15. The van der Waals surface area contributed by atoms with Crippen molar-refractivity contribution in [3.8, 4) is 11.5 Å². The van der Waals surface area contributed by atoms with E-state index in [1.54, 1.807) is 0 Å². The molecule has 0 bridgehead atoms. The number of ether oxygens (including phenoxy) is 4. The van der Waals surface area contributed by atoms with Crippen LogP contribution in [-0.4, -0.2) is 70.6 Å². The number of likely N-dealkylation sites (N-methyl/N-ethyl adjacent to an activating group) is 1. The number of nitrogens with zero attached hydrogens (tertiary/aromatic N) is 1. The summed E-state index contributed by atoms with van der Waals surface area (Å²) < 4.78 is 22.7. The number of benzene rings is 1. The number of carbonyl (C=O) groups is 1. The van der Waals surface area contributed by atoms with Gasteiger partial charge in [-0.25, -0.2) is 4.99 Å². The van der Waals surface area contributed by atoms with E-state index in [-0.39, 0.29) is 18.6 Å². The first-order valence-electron chi connectivity index (χ1n) is 11.2. The highest BCUT2D eigenvalue weighted by molar-refractivity contribution is 5.95. The van der Waals surface area contributed by atoms with E-state index in [1.165, 1.54) is 0 Å². The molecule has 1 aromatic carbocycles. The monoisotopic (exact) mass is 434 g/mol. The molecule has 1 amide bonds. The smallest absolute Gasteiger partial charge is 0.241 e. The fraction of sp³-hybridized carbons (Fsp3) is 0.636. The average molecular weight is 435 g/mol. The Kier molecular flexibility index (Phi) is 9.72. The maximum atomic E-state index is 11.8. The van der Waals surface area contributed by atoms with Crippen molar-refractivity contribution in [2.45, 2.75) is 38.7 Å². The molecule has 1 aromatic rings. The first-order chi connectivity index (χ1) is 15.2. The molecule has 3 rings (SSSR count). The Morgan fingerprint density at radius 1 is 1.16 bits per heavy atom. The van der Waals surface area contributed by atoms with Gasteiger partial charge in [-0.3, -0.25) is 4.79 Å². The number of hydrogen-bond donors (Lipinski definition) is 3. The number of rotatable bonds is 10. The van der Waals surface area contributed by atoms with Gasteiger partial charge in [0.15, 0.2) is 17.5 Å². The van der Waals surface area contributed by atoms with Crippen molar-refractivity contribution in [3.63, 3.8) is 0 Å². The molecule has 1 saturated heterocycles. The zero-order valence-electron chi connectivity index (χ0n) is 18.3. The minimum absolute atomic E-state index is 0.0449. The molecule has 31 heavy (non-hydrogen) atoms. The Morgan fingerprint density at radius 2 is 2.03 bits per heavy atom. The second-order valence-electron chi connectivity index (χ2n) is 7.45. The van der Waals surface area contributed by atoms with E-state index in [9.17, 15) is 4.79 Å². The summed E-state index contributed by atoms with van der Waals surface area (Å²) in [4.78, 5) is 16.2. The summed E-state index contributed by atoms with van der Waals surface area (Å²) in [6.07, 6.45) is 4.10. The van der Waals surface area contributed by atoms with Crippen LogP contribution in [0.15, 0.2) is 23.2 Å². The van der Waals surface area contributed by atoms with Crippen molar-refractivity contribution >= 4 is 17.6 Å². The average Bonchev–Trinajstić information content (AvgIpc) is 3.18. The van der Waals surface area contributed by atoms with Crippen LogP contribution in [0.1, 0.15) is 32.6 Å². The third-order valence-corrected chi connectivity index (χ3v) is 4.85. The maximum Gasteiger partial charge on any atom is 0.241 e. The number of amides is 1. The Hall–Kier alpha value is -2.52. The molecule has 0 saturated carbocycles. The van der Waals surface area contributed by atoms with Crippen LogP contribution in [-0.2, 0) is 14.3 Å². The molecule has 2 aliphatic rings. The SMILES string of the molecule is CCNC(=O)CN=C(NCCCOCC1CCCO1)Nc1ccc2c(c1)OCCCO2. The Balaban J connectivity index is 1.50. The molecule has 0 aromatic heterocycles. The van der Waals surface area contributed by atoms with Crippen molar-refractivity contribution in [2.24, 2.45) is 4.99 Å². The van der Waals surface area contributed by atoms with E-state index in [0.717, 1.165) is 43.7 Å². The van der Waals surface area contributed by atoms with Gasteiger partial charge in [-0.15, -0.1) is 0 Å². The van der Waals surface area contributed by atoms with Gasteiger partial charge in [0.2, 0.25) is 5.91 Å². The van der Waals surface area contributed by atoms with Gasteiger partial charge in [0.05, 0.1) is 25.9 Å². The highest BCUT2D eigenvalue weighted by Crippen LogP contribution is 2.32. The molecule has 0 spiro atoms. The molecule has 1 atom stereocenters. The van der Waals surface area contributed by atoms with Gasteiger partial charge in [0, 0.05) is 44.5 Å². The van der Waals surface area contributed by atoms with E-state index in [2.05, 4.69) is 20.9 Å². The molecule has 1 unspecified atom stereocenters. The van der Waals surface area contributed by atoms with Gasteiger partial charge in [-0.2, -0.15) is 0 Å². The Morgan fingerprint density at radius 3 is 2.84 bits per heavy atom. The zero-order valence-corrected chi connectivity index (χ0v) is 18.3. The third-order valence-electron chi connectivity index (χ3n) is 4.85. The minimum atomic E-state index is -0.123. The molecule has 1 fully saturated rings. The number of hydrogen-bond acceptors (Lipinski definition) is 6. The zero-order chi connectivity index (χ0) is 21.7. The molecule has 172 valence electrons. The normalized spacial score (nSPS) is 18.4. The lowest BCUT2D eigenvalue weighted by atomic mass is 10.2. The number of fused-ring (bicyclic) bond motifs is 1. The summed E-state index contributed by atoms with van der Waals surface area (Å²) in [6.45, 7) is 6.57. The first kappa shape index (κ1) is 23.1. The standard InChI is InChI=1S/C22H34N4O5/c1-2-23-21(27)15-25-22(24-9-4-10-28-16-18-6-3-11-29-18)26-17-7-8-19-20(14-17)31-13-5-12-30-19/h7-8,14,18H,2-6,9-13,15-16H2,1H3,(H,23,27)(H2,24,25,26). The molecule has 3 N–H and O–H groups in total. The van der Waals surface area contributed by atoms with Crippen LogP contribution in [0.2, 0.25) is 0 Å². The van der Waals surface area contributed by atoms with Gasteiger partial charge < -0.3 is 34.9 Å². The van der Waals surface area contributed by atoms with Crippen LogP contribution < -0.4 is 25.4 Å². The maximum absolute atomic E-state index is 11.8. The van der Waals surface area contributed by atoms with Crippen LogP contribution in [0.25, 0.3) is 0 Å². The van der Waals surface area contributed by atoms with Crippen molar-refractivity contribution in [2.75, 3.05) is 58.0 Å². The summed E-state index contributed by atoms with van der Waals surface area (Å²) in [5.41, 5.74) is 0.807. The van der Waals surface area contributed by atoms with Crippen molar-refractivity contribution in [3.05, 3.63) is 18.2 Å². The van der Waals surface area contributed by atoms with Crippen molar-refractivity contribution < 1.29 is 23.7 Å². The molecule has 0 aliphatic carbocycles. The summed E-state index contributed by atoms with van der Waals surface area (Å²) in [6, 6.07) is 5.67. The fourth-order valence-corrected chi connectivity index (χ4v) is 3.29. The van der Waals surface area contributed by atoms with Crippen LogP contribution in [0.5, 0.6) is 11.5 Å². The van der Waals surface area contributed by atoms with E-state index in [4.69, 9.17) is 18.9 Å². The third kappa shape index (κ3) is 8.26. The lowest BCUT2D eigenvalue weighted by molar-refractivity contribution is -0.119. The topological polar surface area (TPSA) is 102 Å². The molecular formula is C22H34N4O5.